The van der Waals surface area contributed by atoms with E-state index in [4.69, 9.17) is 0 Å². The molecular formula is C31H40. The Bertz CT molecular complexity index is 933. The Morgan fingerprint density at radius 1 is 0.677 bits per heavy atom. The SMILES string of the molecule is CCCCC1=Cc2c(C)cccc2C1C(C)(C)C1C(CCCC)=Cc2c(C)cccc21. The maximum absolute atomic E-state index is 2.55. The smallest absolute Gasteiger partial charge is 0.0118 e. The molecule has 0 N–H and O–H groups in total. The van der Waals surface area contributed by atoms with Crippen molar-refractivity contribution in [3.05, 3.63) is 80.9 Å². The molecule has 164 valence electrons. The quantitative estimate of drug-likeness (QED) is 0.405. The number of fused-ring (bicyclic) bond motifs is 2. The zero-order valence-corrected chi connectivity index (χ0v) is 20.5. The van der Waals surface area contributed by atoms with Crippen LogP contribution in [0.5, 0.6) is 0 Å². The van der Waals surface area contributed by atoms with Gasteiger partial charge in [-0.25, -0.2) is 0 Å². The van der Waals surface area contributed by atoms with Crippen LogP contribution in [-0.4, -0.2) is 0 Å². The summed E-state index contributed by atoms with van der Waals surface area (Å²) in [6.45, 7) is 14.3. The molecule has 0 heteroatoms. The normalized spacial score (nSPS) is 19.8. The maximum atomic E-state index is 2.55. The van der Waals surface area contributed by atoms with E-state index < -0.39 is 0 Å². The van der Waals surface area contributed by atoms with Crippen LogP contribution in [0, 0.1) is 19.3 Å². The first-order valence-electron chi connectivity index (χ1n) is 12.5. The topological polar surface area (TPSA) is 0 Å². The first kappa shape index (κ1) is 22.1. The van der Waals surface area contributed by atoms with E-state index in [1.165, 1.54) is 60.8 Å². The van der Waals surface area contributed by atoms with Crippen LogP contribution < -0.4 is 0 Å². The number of unbranched alkanes of at least 4 members (excludes halogenated alkanes) is 2. The van der Waals surface area contributed by atoms with E-state index in [0.717, 1.165) is 0 Å². The molecule has 0 fully saturated rings. The number of hydrogen-bond donors (Lipinski definition) is 0. The van der Waals surface area contributed by atoms with E-state index >= 15 is 0 Å². The largest absolute Gasteiger partial charge is 0.0654 e. The fourth-order valence-corrected chi connectivity index (χ4v) is 6.36. The van der Waals surface area contributed by atoms with Crippen molar-refractivity contribution in [3.63, 3.8) is 0 Å². The average molecular weight is 413 g/mol. The van der Waals surface area contributed by atoms with Gasteiger partial charge in [-0.1, -0.05) is 100 Å². The predicted octanol–water partition coefficient (Wildman–Crippen LogP) is 9.37. The van der Waals surface area contributed by atoms with Gasteiger partial charge in [0.15, 0.2) is 0 Å². The number of allylic oxidation sites excluding steroid dienone is 2. The van der Waals surface area contributed by atoms with Crippen LogP contribution in [0.4, 0.5) is 0 Å². The molecule has 2 aromatic carbocycles. The second-order valence-electron chi connectivity index (χ2n) is 10.5. The lowest BCUT2D eigenvalue weighted by Crippen LogP contribution is -2.30. The first-order valence-corrected chi connectivity index (χ1v) is 12.5. The second-order valence-corrected chi connectivity index (χ2v) is 10.5. The second kappa shape index (κ2) is 8.81. The van der Waals surface area contributed by atoms with Crippen LogP contribution in [0.3, 0.4) is 0 Å². The third kappa shape index (κ3) is 3.84. The third-order valence-electron chi connectivity index (χ3n) is 7.86. The van der Waals surface area contributed by atoms with Gasteiger partial charge in [-0.05, 0) is 78.3 Å². The van der Waals surface area contributed by atoms with Crippen LogP contribution in [-0.2, 0) is 0 Å². The van der Waals surface area contributed by atoms with Crippen molar-refractivity contribution in [2.24, 2.45) is 5.41 Å². The molecule has 2 aliphatic rings. The summed E-state index contributed by atoms with van der Waals surface area (Å²) in [5.41, 5.74) is 12.4. The Morgan fingerprint density at radius 3 is 1.48 bits per heavy atom. The standard InChI is InChI=1S/C31H40/c1-7-9-15-23-19-27-21(3)13-11-17-25(27)29(23)31(5,6)30-24(16-10-8-2)20-28-22(4)14-12-18-26(28)30/h11-14,17-20,29-30H,7-10,15-16H2,1-6H3. The summed E-state index contributed by atoms with van der Waals surface area (Å²) in [4.78, 5) is 0. The van der Waals surface area contributed by atoms with Gasteiger partial charge in [0.05, 0.1) is 0 Å². The van der Waals surface area contributed by atoms with E-state index in [9.17, 15) is 0 Å². The number of hydrogen-bond acceptors (Lipinski definition) is 0. The van der Waals surface area contributed by atoms with E-state index in [1.807, 2.05) is 0 Å². The Hall–Kier alpha value is -2.08. The molecule has 0 bridgehead atoms. The highest BCUT2D eigenvalue weighted by molar-refractivity contribution is 5.73. The number of benzene rings is 2. The van der Waals surface area contributed by atoms with Crippen molar-refractivity contribution in [2.75, 3.05) is 0 Å². The molecular weight excluding hydrogens is 372 g/mol. The fourth-order valence-electron chi connectivity index (χ4n) is 6.36. The van der Waals surface area contributed by atoms with E-state index in [0.29, 0.717) is 11.8 Å². The number of rotatable bonds is 8. The molecule has 0 radical (unpaired) electrons. The number of aryl methyl sites for hydroxylation is 2. The monoisotopic (exact) mass is 412 g/mol. The van der Waals surface area contributed by atoms with Gasteiger partial charge in [0, 0.05) is 11.8 Å². The minimum Gasteiger partial charge on any atom is -0.0654 e. The van der Waals surface area contributed by atoms with Gasteiger partial charge in [0.25, 0.3) is 0 Å². The van der Waals surface area contributed by atoms with Gasteiger partial charge in [0.1, 0.15) is 0 Å². The molecule has 2 aliphatic carbocycles. The summed E-state index contributed by atoms with van der Waals surface area (Å²) in [6.07, 6.45) is 12.6. The summed E-state index contributed by atoms with van der Waals surface area (Å²) in [7, 11) is 0. The first-order chi connectivity index (χ1) is 14.9. The van der Waals surface area contributed by atoms with Crippen molar-refractivity contribution < 1.29 is 0 Å². The minimum atomic E-state index is 0.136. The molecule has 0 nitrogen and oxygen atoms in total. The van der Waals surface area contributed by atoms with Gasteiger partial charge in [-0.3, -0.25) is 0 Å². The van der Waals surface area contributed by atoms with Crippen molar-refractivity contribution in [2.45, 2.75) is 91.9 Å². The van der Waals surface area contributed by atoms with Crippen LogP contribution in [0.2, 0.25) is 0 Å². The zero-order valence-electron chi connectivity index (χ0n) is 20.5. The van der Waals surface area contributed by atoms with Crippen molar-refractivity contribution >= 4 is 12.2 Å². The molecule has 0 spiro atoms. The van der Waals surface area contributed by atoms with Crippen molar-refractivity contribution in [1.29, 1.82) is 0 Å². The Morgan fingerprint density at radius 2 is 1.10 bits per heavy atom. The highest BCUT2D eigenvalue weighted by Crippen LogP contribution is 2.60. The van der Waals surface area contributed by atoms with Gasteiger partial charge in [0.2, 0.25) is 0 Å². The summed E-state index contributed by atoms with van der Waals surface area (Å²) in [6, 6.07) is 13.9. The summed E-state index contributed by atoms with van der Waals surface area (Å²) in [5, 5.41) is 0. The summed E-state index contributed by atoms with van der Waals surface area (Å²) < 4.78 is 0. The molecule has 2 aromatic rings. The van der Waals surface area contributed by atoms with Crippen LogP contribution in [0.15, 0.2) is 47.5 Å². The molecule has 0 saturated carbocycles. The van der Waals surface area contributed by atoms with E-state index in [1.54, 1.807) is 22.3 Å². The molecule has 0 aliphatic heterocycles. The molecule has 0 saturated heterocycles. The van der Waals surface area contributed by atoms with Gasteiger partial charge >= 0.3 is 0 Å². The predicted molar refractivity (Wildman–Crippen MR) is 137 cm³/mol. The molecule has 0 aromatic heterocycles. The zero-order chi connectivity index (χ0) is 22.2. The molecule has 4 rings (SSSR count). The summed E-state index contributed by atoms with van der Waals surface area (Å²) in [5.74, 6) is 0.992. The molecule has 0 amide bonds. The lowest BCUT2D eigenvalue weighted by atomic mass is 9.61. The van der Waals surface area contributed by atoms with Crippen LogP contribution >= 0.6 is 0 Å². The average Bonchev–Trinajstić information content (AvgIpc) is 3.31. The van der Waals surface area contributed by atoms with Gasteiger partial charge in [-0.15, -0.1) is 0 Å². The molecule has 2 atom stereocenters. The lowest BCUT2D eigenvalue weighted by Gasteiger charge is -2.42. The van der Waals surface area contributed by atoms with Crippen molar-refractivity contribution in [3.8, 4) is 0 Å². The van der Waals surface area contributed by atoms with Gasteiger partial charge < -0.3 is 0 Å². The highest BCUT2D eigenvalue weighted by atomic mass is 14.5. The molecule has 0 heterocycles. The maximum Gasteiger partial charge on any atom is 0.0118 e. The van der Waals surface area contributed by atoms with Crippen LogP contribution in [0.25, 0.3) is 12.2 Å². The van der Waals surface area contributed by atoms with Crippen molar-refractivity contribution in [1.82, 2.24) is 0 Å². The summed E-state index contributed by atoms with van der Waals surface area (Å²) >= 11 is 0. The Kier molecular flexibility index (Phi) is 6.29. The molecule has 2 unspecified atom stereocenters. The van der Waals surface area contributed by atoms with Crippen LogP contribution in [0.1, 0.15) is 111 Å². The van der Waals surface area contributed by atoms with E-state index in [2.05, 4.69) is 90.1 Å². The third-order valence-corrected chi connectivity index (χ3v) is 7.86. The molecule has 31 heavy (non-hydrogen) atoms. The lowest BCUT2D eigenvalue weighted by molar-refractivity contribution is 0.267. The highest BCUT2D eigenvalue weighted by Gasteiger charge is 2.46. The Balaban J connectivity index is 1.82. The Labute approximate surface area is 190 Å². The van der Waals surface area contributed by atoms with E-state index in [-0.39, 0.29) is 5.41 Å². The van der Waals surface area contributed by atoms with Gasteiger partial charge in [-0.2, -0.15) is 0 Å². The fraction of sp³-hybridized carbons (Fsp3) is 0.484. The minimum absolute atomic E-state index is 0.136.